The zero-order valence-electron chi connectivity index (χ0n) is 13.6. The van der Waals surface area contributed by atoms with Crippen LogP contribution in [0.5, 0.6) is 0 Å². The van der Waals surface area contributed by atoms with Gasteiger partial charge in [-0.05, 0) is 13.3 Å². The van der Waals surface area contributed by atoms with E-state index in [0.717, 1.165) is 18.0 Å². The molecule has 0 saturated heterocycles. The Balaban J connectivity index is 5.11. The summed E-state index contributed by atoms with van der Waals surface area (Å²) in [6.45, 7) is 5.08. The van der Waals surface area contributed by atoms with Gasteiger partial charge in [0, 0.05) is 18.8 Å². The molecule has 0 bridgehead atoms. The van der Waals surface area contributed by atoms with Crippen LogP contribution in [0.2, 0.25) is 0 Å². The van der Waals surface area contributed by atoms with E-state index < -0.39 is 28.9 Å². The highest BCUT2D eigenvalue weighted by Gasteiger charge is 2.25. The standard InChI is InChI=1S/C13H21N3O4S/c1-8(2)21-13(19)11(6-5-10(17)7-15-14)16-12(18)9(3)20-4/h7-9,11,14H,5-6H2,1-4H3/p+1/t9-,11+/m0/s1/i11D. The number of carbonyl (C=O) groups is 3. The molecule has 0 heterocycles. The number of rotatable bonds is 9. The van der Waals surface area contributed by atoms with Gasteiger partial charge in [-0.25, -0.2) is 0 Å². The Morgan fingerprint density at radius 2 is 2.05 bits per heavy atom. The molecule has 2 atom stereocenters. The number of nitrogens with zero attached hydrogens (tertiary/aromatic N) is 1. The van der Waals surface area contributed by atoms with Gasteiger partial charge >= 0.3 is 6.21 Å². The first-order valence-corrected chi connectivity index (χ1v) is 7.32. The molecule has 0 rings (SSSR count). The molecule has 0 aliphatic carbocycles. The van der Waals surface area contributed by atoms with Crippen LogP contribution in [0.25, 0.3) is 0 Å². The van der Waals surface area contributed by atoms with Crippen LogP contribution < -0.4 is 5.32 Å². The minimum atomic E-state index is -1.93. The Kier molecular flexibility index (Phi) is 8.57. The average Bonchev–Trinajstić information content (AvgIpc) is 2.43. The zero-order valence-corrected chi connectivity index (χ0v) is 13.5. The molecule has 1 amide bonds. The number of thioether (sulfide) groups is 1. The molecule has 0 fully saturated rings. The number of ketones is 1. The summed E-state index contributed by atoms with van der Waals surface area (Å²) in [5.74, 6) is -1.08. The van der Waals surface area contributed by atoms with Crippen LogP contribution in [0.1, 0.15) is 35.0 Å². The highest BCUT2D eigenvalue weighted by Crippen LogP contribution is 2.16. The Labute approximate surface area is 129 Å². The monoisotopic (exact) mass is 317 g/mol. The van der Waals surface area contributed by atoms with Crippen molar-refractivity contribution in [3.8, 4) is 0 Å². The summed E-state index contributed by atoms with van der Waals surface area (Å²) in [5.41, 5.74) is 6.58. The number of carbonyl (C=O) groups excluding carboxylic acids is 3. The number of ether oxygens (including phenoxy) is 1. The molecular formula is C13H22N3O4S+. The molecular weight excluding hydrogens is 294 g/mol. The summed E-state index contributed by atoms with van der Waals surface area (Å²) >= 11 is 0.924. The molecule has 0 aromatic heterocycles. The van der Waals surface area contributed by atoms with E-state index in [1.54, 1.807) is 13.8 Å². The van der Waals surface area contributed by atoms with Crippen molar-refractivity contribution in [1.29, 1.82) is 5.53 Å². The SMILES string of the molecule is [2H][C@](CCC(=O)C=[N+]=N)(NC(=O)[C@H](C)OC)C(=O)SC(C)C. The van der Waals surface area contributed by atoms with E-state index >= 15 is 0 Å². The van der Waals surface area contributed by atoms with E-state index in [2.05, 4.69) is 10.1 Å². The molecule has 0 aromatic carbocycles. The smallest absolute Gasteiger partial charge is 0.372 e. The van der Waals surface area contributed by atoms with Gasteiger partial charge in [0.05, 0.1) is 17.7 Å². The topological polar surface area (TPSA) is 110 Å². The van der Waals surface area contributed by atoms with Gasteiger partial charge < -0.3 is 10.1 Å². The van der Waals surface area contributed by atoms with Crippen molar-refractivity contribution in [2.75, 3.05) is 7.11 Å². The summed E-state index contributed by atoms with van der Waals surface area (Å²) in [4.78, 5) is 38.4. The molecule has 0 unspecified atom stereocenters. The molecule has 0 aliphatic heterocycles. The second-order valence-corrected chi connectivity index (χ2v) is 6.07. The van der Waals surface area contributed by atoms with Crippen LogP contribution in [-0.2, 0) is 19.1 Å². The van der Waals surface area contributed by atoms with Gasteiger partial charge in [0.2, 0.25) is 16.8 Å². The van der Waals surface area contributed by atoms with Crippen molar-refractivity contribution in [3.63, 3.8) is 0 Å². The van der Waals surface area contributed by atoms with Crippen LogP contribution >= 0.6 is 11.8 Å². The minimum Gasteiger partial charge on any atom is -0.372 e. The average molecular weight is 317 g/mol. The van der Waals surface area contributed by atoms with Crippen LogP contribution in [0.3, 0.4) is 0 Å². The first kappa shape index (κ1) is 17.6. The van der Waals surface area contributed by atoms with Crippen molar-refractivity contribution < 1.29 is 25.3 Å². The fourth-order valence-corrected chi connectivity index (χ4v) is 1.97. The lowest BCUT2D eigenvalue weighted by Gasteiger charge is -2.19. The number of amides is 1. The Morgan fingerprint density at radius 3 is 2.52 bits per heavy atom. The van der Waals surface area contributed by atoms with E-state index in [1.807, 2.05) is 0 Å². The van der Waals surface area contributed by atoms with Gasteiger partial charge in [0.15, 0.2) is 0 Å². The van der Waals surface area contributed by atoms with Crippen LogP contribution in [-0.4, -0.2) is 52.3 Å². The summed E-state index contributed by atoms with van der Waals surface area (Å²) in [5, 5.41) is 1.73. The maximum absolute atomic E-state index is 12.2. The maximum Gasteiger partial charge on any atom is 0.372 e. The zero-order chi connectivity index (χ0) is 17.3. The molecule has 7 nitrogen and oxygen atoms in total. The highest BCUT2D eigenvalue weighted by atomic mass is 32.2. The van der Waals surface area contributed by atoms with Crippen molar-refractivity contribution in [3.05, 3.63) is 0 Å². The molecule has 118 valence electrons. The largest absolute Gasteiger partial charge is 0.372 e. The number of hydrogen-bond donors (Lipinski definition) is 2. The fourth-order valence-electron chi connectivity index (χ4n) is 1.24. The molecule has 0 aromatic rings. The Hall–Kier alpha value is -1.50. The molecule has 0 saturated carbocycles. The summed E-state index contributed by atoms with van der Waals surface area (Å²) in [7, 11) is 1.34. The summed E-state index contributed by atoms with van der Waals surface area (Å²) in [6, 6.07) is -1.93. The number of methoxy groups -OCH3 is 1. The number of Topliss-reactive ketones (excluding diaryl/α,β-unsaturated/α-hetero) is 1. The number of nitrogens with one attached hydrogen (secondary N) is 2. The third kappa shape index (κ3) is 8.39. The normalized spacial score (nSPS) is 15.4. The lowest BCUT2D eigenvalue weighted by molar-refractivity contribution is -0.133. The minimum absolute atomic E-state index is 0.0560. The molecule has 8 heteroatoms. The predicted molar refractivity (Wildman–Crippen MR) is 79.4 cm³/mol. The van der Waals surface area contributed by atoms with E-state index in [1.165, 1.54) is 14.0 Å². The van der Waals surface area contributed by atoms with Gasteiger partial charge in [-0.3, -0.25) is 14.4 Å². The highest BCUT2D eigenvalue weighted by molar-refractivity contribution is 8.14. The first-order valence-electron chi connectivity index (χ1n) is 6.94. The quantitative estimate of drug-likeness (QED) is 0.372. The van der Waals surface area contributed by atoms with E-state index in [-0.39, 0.29) is 18.1 Å². The first-order chi connectivity index (χ1) is 10.2. The number of hydrogen-bond acceptors (Lipinski definition) is 6. The van der Waals surface area contributed by atoms with E-state index in [0.29, 0.717) is 0 Å². The molecule has 21 heavy (non-hydrogen) atoms. The van der Waals surface area contributed by atoms with Crippen molar-refractivity contribution in [2.24, 2.45) is 0 Å². The van der Waals surface area contributed by atoms with Crippen molar-refractivity contribution >= 4 is 34.8 Å². The summed E-state index contributed by atoms with van der Waals surface area (Å²) in [6.07, 6.45) is -0.372. The molecule has 0 radical (unpaired) electrons. The van der Waals surface area contributed by atoms with Crippen LogP contribution in [0, 0.1) is 5.53 Å². The fraction of sp³-hybridized carbons (Fsp3) is 0.692. The van der Waals surface area contributed by atoms with Gasteiger partial charge in [0.1, 0.15) is 6.10 Å². The second-order valence-electron chi connectivity index (χ2n) is 4.52. The van der Waals surface area contributed by atoms with Crippen LogP contribution in [0.15, 0.2) is 0 Å². The predicted octanol–water partition coefficient (Wildman–Crippen LogP) is 0.834. The second kappa shape index (κ2) is 10.3. The van der Waals surface area contributed by atoms with Crippen molar-refractivity contribution in [1.82, 2.24) is 5.32 Å². The third-order valence-electron chi connectivity index (χ3n) is 2.42. The molecule has 2 N–H and O–H groups in total. The van der Waals surface area contributed by atoms with Crippen molar-refractivity contribution in [2.45, 2.75) is 51.0 Å². The van der Waals surface area contributed by atoms with Gasteiger partial charge in [-0.2, -0.15) is 0 Å². The van der Waals surface area contributed by atoms with Crippen LogP contribution in [0.4, 0.5) is 0 Å². The Bertz CT molecular complexity index is 480. The maximum atomic E-state index is 12.2. The molecule has 0 spiro atoms. The van der Waals surface area contributed by atoms with Gasteiger partial charge in [0.25, 0.3) is 0 Å². The van der Waals surface area contributed by atoms with E-state index in [9.17, 15) is 14.4 Å². The van der Waals surface area contributed by atoms with E-state index in [4.69, 9.17) is 11.6 Å². The third-order valence-corrected chi connectivity index (χ3v) is 3.35. The van der Waals surface area contributed by atoms with Gasteiger partial charge in [-0.15, -0.1) is 0 Å². The summed E-state index contributed by atoms with van der Waals surface area (Å²) < 4.78 is 13.1. The lowest BCUT2D eigenvalue weighted by Crippen LogP contribution is -2.45. The lowest BCUT2D eigenvalue weighted by atomic mass is 10.1. The van der Waals surface area contributed by atoms with Gasteiger partial charge in [-0.1, -0.05) is 25.6 Å². The molecule has 0 aliphatic rings. The Morgan fingerprint density at radius 1 is 1.43 bits per heavy atom.